The molecule has 0 saturated carbocycles. The Balaban J connectivity index is 2.67. The number of ether oxygens (including phenoxy) is 4. The van der Waals surface area contributed by atoms with Crippen molar-refractivity contribution in [2.45, 2.75) is 168 Å². The van der Waals surface area contributed by atoms with E-state index in [1.54, 1.807) is 0 Å². The molecule has 0 amide bonds. The number of carbonyl (C=O) groups is 1. The molecule has 0 radical (unpaired) electrons. The van der Waals surface area contributed by atoms with Crippen LogP contribution in [0.1, 0.15) is 168 Å². The molecule has 0 aromatic heterocycles. The summed E-state index contributed by atoms with van der Waals surface area (Å²) in [6, 6.07) is 0. The van der Waals surface area contributed by atoms with Gasteiger partial charge in [0.1, 0.15) is 6.61 Å². The lowest BCUT2D eigenvalue weighted by Crippen LogP contribution is -2.47. The number of β-amino-alcohol motifs (C(OH)–C–C–N with tert-alkyl or cyclic N) is 1. The standard InChI is InChI=1S/C42H84N2O6/c1-4-7-10-13-16-19-22-34-47-37-42(38-48-35-23-20-17-14-11-8-5-2,39-49-36-24-21-18-15-12-9-6-3)40-50-41(46)26-25-27-43-28-30-44(31-29-43)32-33-45/h45H,4-40H2,1-3H3. The molecule has 1 rings (SSSR count). The van der Waals surface area contributed by atoms with Crippen molar-refractivity contribution in [3.05, 3.63) is 0 Å². The number of piperazine rings is 1. The lowest BCUT2D eigenvalue weighted by molar-refractivity contribution is -0.156. The molecular formula is C42H84N2O6. The summed E-state index contributed by atoms with van der Waals surface area (Å²) in [5.74, 6) is -0.139. The van der Waals surface area contributed by atoms with Crippen LogP contribution in [0.2, 0.25) is 0 Å². The molecule has 1 aliphatic heterocycles. The number of aliphatic hydroxyl groups is 1. The molecule has 298 valence electrons. The smallest absolute Gasteiger partial charge is 0.305 e. The second-order valence-corrected chi connectivity index (χ2v) is 15.2. The van der Waals surface area contributed by atoms with Crippen LogP contribution in [0.3, 0.4) is 0 Å². The molecule has 1 N–H and O–H groups in total. The summed E-state index contributed by atoms with van der Waals surface area (Å²) in [5.41, 5.74) is -0.498. The molecule has 1 fully saturated rings. The molecule has 0 bridgehead atoms. The van der Waals surface area contributed by atoms with E-state index in [0.29, 0.717) is 26.2 Å². The Kier molecular flexibility index (Phi) is 33.3. The van der Waals surface area contributed by atoms with Crippen LogP contribution in [0.15, 0.2) is 0 Å². The Labute approximate surface area is 310 Å². The zero-order chi connectivity index (χ0) is 36.2. The van der Waals surface area contributed by atoms with Crippen LogP contribution in [0, 0.1) is 5.41 Å². The van der Waals surface area contributed by atoms with Crippen LogP contribution in [-0.2, 0) is 23.7 Å². The maximum absolute atomic E-state index is 13.0. The fourth-order valence-electron chi connectivity index (χ4n) is 6.73. The van der Waals surface area contributed by atoms with E-state index in [4.69, 9.17) is 18.9 Å². The van der Waals surface area contributed by atoms with Gasteiger partial charge in [-0.2, -0.15) is 0 Å². The first-order valence-electron chi connectivity index (χ1n) is 21.5. The van der Waals surface area contributed by atoms with Gasteiger partial charge in [-0.3, -0.25) is 9.69 Å². The van der Waals surface area contributed by atoms with Gasteiger partial charge >= 0.3 is 5.97 Å². The van der Waals surface area contributed by atoms with E-state index in [9.17, 15) is 9.90 Å². The van der Waals surface area contributed by atoms with E-state index in [2.05, 4.69) is 30.6 Å². The topological polar surface area (TPSA) is 80.7 Å². The van der Waals surface area contributed by atoms with Crippen LogP contribution >= 0.6 is 0 Å². The third-order valence-electron chi connectivity index (χ3n) is 10.2. The number of aliphatic hydroxyl groups excluding tert-OH is 1. The van der Waals surface area contributed by atoms with Crippen molar-refractivity contribution in [3.63, 3.8) is 0 Å². The van der Waals surface area contributed by atoms with Crippen LogP contribution in [-0.4, -0.2) is 113 Å². The monoisotopic (exact) mass is 713 g/mol. The lowest BCUT2D eigenvalue weighted by Gasteiger charge is -2.34. The van der Waals surface area contributed by atoms with Crippen molar-refractivity contribution in [2.24, 2.45) is 5.41 Å². The maximum Gasteiger partial charge on any atom is 0.305 e. The molecule has 0 aliphatic carbocycles. The Hall–Kier alpha value is -0.770. The predicted molar refractivity (Wildman–Crippen MR) is 209 cm³/mol. The van der Waals surface area contributed by atoms with Crippen molar-refractivity contribution in [2.75, 3.05) is 92.1 Å². The highest BCUT2D eigenvalue weighted by Gasteiger charge is 2.34. The van der Waals surface area contributed by atoms with Gasteiger partial charge in [-0.25, -0.2) is 0 Å². The molecule has 1 aliphatic rings. The molecule has 8 nitrogen and oxygen atoms in total. The molecule has 0 aromatic carbocycles. The SMILES string of the molecule is CCCCCCCCCOCC(COCCCCCCCCC)(COCCCCCCCCC)COC(=O)CCCN1CCN(CCO)CC1. The zero-order valence-corrected chi connectivity index (χ0v) is 33.5. The molecule has 0 aromatic rings. The largest absolute Gasteiger partial charge is 0.465 e. The van der Waals surface area contributed by atoms with Crippen LogP contribution < -0.4 is 0 Å². The second-order valence-electron chi connectivity index (χ2n) is 15.2. The fourth-order valence-corrected chi connectivity index (χ4v) is 6.73. The molecular weight excluding hydrogens is 628 g/mol. The maximum atomic E-state index is 13.0. The van der Waals surface area contributed by atoms with E-state index in [1.165, 1.54) is 116 Å². The first kappa shape index (κ1) is 47.3. The lowest BCUT2D eigenvalue weighted by atomic mass is 9.92. The summed E-state index contributed by atoms with van der Waals surface area (Å²) in [6.07, 6.45) is 27.6. The van der Waals surface area contributed by atoms with Gasteiger partial charge in [0.05, 0.1) is 31.8 Å². The highest BCUT2D eigenvalue weighted by Crippen LogP contribution is 2.23. The summed E-state index contributed by atoms with van der Waals surface area (Å²) in [5, 5.41) is 9.21. The van der Waals surface area contributed by atoms with Gasteiger partial charge in [-0.15, -0.1) is 0 Å². The second kappa shape index (κ2) is 35.3. The molecule has 1 heterocycles. The van der Waals surface area contributed by atoms with Crippen LogP contribution in [0.4, 0.5) is 0 Å². The van der Waals surface area contributed by atoms with E-state index < -0.39 is 5.41 Å². The molecule has 0 atom stereocenters. The average molecular weight is 713 g/mol. The normalized spacial score (nSPS) is 14.5. The third-order valence-corrected chi connectivity index (χ3v) is 10.2. The molecule has 8 heteroatoms. The van der Waals surface area contributed by atoms with E-state index in [0.717, 1.165) is 84.8 Å². The Morgan fingerprint density at radius 1 is 0.500 bits per heavy atom. The number of hydrogen-bond acceptors (Lipinski definition) is 8. The molecule has 0 unspecified atom stereocenters. The van der Waals surface area contributed by atoms with Gasteiger partial charge in [0, 0.05) is 59.0 Å². The first-order valence-corrected chi connectivity index (χ1v) is 21.5. The van der Waals surface area contributed by atoms with Gasteiger partial charge in [0.2, 0.25) is 0 Å². The van der Waals surface area contributed by atoms with Gasteiger partial charge in [0.25, 0.3) is 0 Å². The highest BCUT2D eigenvalue weighted by molar-refractivity contribution is 5.69. The number of nitrogens with zero attached hydrogens (tertiary/aromatic N) is 2. The van der Waals surface area contributed by atoms with Gasteiger partial charge in [0.15, 0.2) is 0 Å². The van der Waals surface area contributed by atoms with Crippen molar-refractivity contribution in [1.29, 1.82) is 0 Å². The summed E-state index contributed by atoms with van der Waals surface area (Å²) in [6.45, 7) is 16.5. The Morgan fingerprint density at radius 3 is 1.24 bits per heavy atom. The van der Waals surface area contributed by atoms with Crippen molar-refractivity contribution in [3.8, 4) is 0 Å². The van der Waals surface area contributed by atoms with Gasteiger partial charge in [-0.1, -0.05) is 136 Å². The number of rotatable bonds is 38. The summed E-state index contributed by atoms with van der Waals surface area (Å²) < 4.78 is 25.0. The Bertz CT molecular complexity index is 663. The molecule has 50 heavy (non-hydrogen) atoms. The first-order chi connectivity index (χ1) is 24.6. The summed E-state index contributed by atoms with van der Waals surface area (Å²) in [7, 11) is 0. The quantitative estimate of drug-likeness (QED) is 0.0502. The minimum atomic E-state index is -0.498. The van der Waals surface area contributed by atoms with E-state index in [1.807, 2.05) is 0 Å². The third kappa shape index (κ3) is 27.8. The number of hydrogen-bond donors (Lipinski definition) is 1. The summed E-state index contributed by atoms with van der Waals surface area (Å²) >= 11 is 0. The predicted octanol–water partition coefficient (Wildman–Crippen LogP) is 9.21. The molecule has 0 spiro atoms. The average Bonchev–Trinajstić information content (AvgIpc) is 3.12. The minimum absolute atomic E-state index is 0.139. The van der Waals surface area contributed by atoms with Gasteiger partial charge in [-0.05, 0) is 32.2 Å². The molecule has 1 saturated heterocycles. The van der Waals surface area contributed by atoms with Crippen molar-refractivity contribution in [1.82, 2.24) is 9.80 Å². The van der Waals surface area contributed by atoms with E-state index >= 15 is 0 Å². The highest BCUT2D eigenvalue weighted by atomic mass is 16.5. The zero-order valence-electron chi connectivity index (χ0n) is 33.5. The van der Waals surface area contributed by atoms with E-state index in [-0.39, 0.29) is 19.2 Å². The van der Waals surface area contributed by atoms with Crippen LogP contribution in [0.5, 0.6) is 0 Å². The number of unbranched alkanes of at least 4 members (excludes halogenated alkanes) is 18. The van der Waals surface area contributed by atoms with Gasteiger partial charge < -0.3 is 29.0 Å². The minimum Gasteiger partial charge on any atom is -0.465 e. The van der Waals surface area contributed by atoms with Crippen molar-refractivity contribution >= 4 is 5.97 Å². The summed E-state index contributed by atoms with van der Waals surface area (Å²) in [4.78, 5) is 17.8. The van der Waals surface area contributed by atoms with Crippen molar-refractivity contribution < 1.29 is 28.8 Å². The number of carbonyl (C=O) groups excluding carboxylic acids is 1. The van der Waals surface area contributed by atoms with Crippen LogP contribution in [0.25, 0.3) is 0 Å². The number of esters is 1. The Morgan fingerprint density at radius 2 is 0.860 bits per heavy atom. The fraction of sp³-hybridized carbons (Fsp3) is 0.976.